The topological polar surface area (TPSA) is 64.8 Å². The minimum Gasteiger partial charge on any atom is -0.354 e. The van der Waals surface area contributed by atoms with Crippen molar-refractivity contribution in [2.45, 2.75) is 51.4 Å². The molecule has 1 aliphatic carbocycles. The van der Waals surface area contributed by atoms with Crippen LogP contribution in [0.15, 0.2) is 0 Å². The maximum atomic E-state index is 12.2. The number of nitrogens with zero attached hydrogens (tertiary/aromatic N) is 1. The van der Waals surface area contributed by atoms with Gasteiger partial charge in [0, 0.05) is 20.8 Å². The molecular weight excluding hydrogens is 244 g/mol. The highest BCUT2D eigenvalue weighted by Crippen LogP contribution is 2.24. The van der Waals surface area contributed by atoms with E-state index in [0.29, 0.717) is 12.5 Å². The van der Waals surface area contributed by atoms with Gasteiger partial charge in [0.1, 0.15) is 0 Å². The third-order valence-electron chi connectivity index (χ3n) is 3.80. The van der Waals surface area contributed by atoms with Crippen molar-refractivity contribution < 1.29 is 14.3 Å². The Morgan fingerprint density at radius 1 is 1.26 bits per heavy atom. The summed E-state index contributed by atoms with van der Waals surface area (Å²) in [4.78, 5) is 14.0. The van der Waals surface area contributed by atoms with Crippen molar-refractivity contribution in [3.63, 3.8) is 0 Å². The first-order valence-corrected chi connectivity index (χ1v) is 7.18. The molecule has 1 saturated carbocycles. The summed E-state index contributed by atoms with van der Waals surface area (Å²) in [6.45, 7) is 2.94. The lowest BCUT2D eigenvalue weighted by Gasteiger charge is -2.32. The van der Waals surface area contributed by atoms with E-state index in [0.717, 1.165) is 6.54 Å². The standard InChI is InChI=1S/C14H28N2O3/c1-11(15)14(17)16(10-13(18-2)19-3)9-12-7-5-4-6-8-12/h11-13H,4-10,15H2,1-3H3/t11-/m0/s1. The Balaban J connectivity index is 2.59. The second-order valence-electron chi connectivity index (χ2n) is 5.44. The molecule has 0 heterocycles. The number of ether oxygens (including phenoxy) is 2. The average molecular weight is 272 g/mol. The number of nitrogens with two attached hydrogens (primary N) is 1. The molecule has 0 aromatic heterocycles. The maximum Gasteiger partial charge on any atom is 0.239 e. The van der Waals surface area contributed by atoms with Gasteiger partial charge in [-0.2, -0.15) is 0 Å². The van der Waals surface area contributed by atoms with E-state index in [4.69, 9.17) is 15.2 Å². The molecule has 1 fully saturated rings. The second-order valence-corrected chi connectivity index (χ2v) is 5.44. The first-order chi connectivity index (χ1) is 9.08. The van der Waals surface area contributed by atoms with Gasteiger partial charge in [0.05, 0.1) is 12.6 Å². The van der Waals surface area contributed by atoms with Crippen molar-refractivity contribution in [2.75, 3.05) is 27.3 Å². The van der Waals surface area contributed by atoms with E-state index in [1.807, 2.05) is 0 Å². The van der Waals surface area contributed by atoms with Crippen LogP contribution in [0.25, 0.3) is 0 Å². The van der Waals surface area contributed by atoms with E-state index in [2.05, 4.69) is 0 Å². The van der Waals surface area contributed by atoms with Crippen LogP contribution in [-0.2, 0) is 14.3 Å². The Labute approximate surface area is 116 Å². The lowest BCUT2D eigenvalue weighted by molar-refractivity contribution is -0.147. The summed E-state index contributed by atoms with van der Waals surface area (Å²) < 4.78 is 10.4. The van der Waals surface area contributed by atoms with E-state index in [-0.39, 0.29) is 12.2 Å². The van der Waals surface area contributed by atoms with Crippen molar-refractivity contribution in [3.05, 3.63) is 0 Å². The molecule has 0 radical (unpaired) electrons. The summed E-state index contributed by atoms with van der Waals surface area (Å²) in [6, 6.07) is -0.474. The Morgan fingerprint density at radius 3 is 2.32 bits per heavy atom. The van der Waals surface area contributed by atoms with E-state index < -0.39 is 6.04 Å². The van der Waals surface area contributed by atoms with Crippen molar-refractivity contribution in [3.8, 4) is 0 Å². The van der Waals surface area contributed by atoms with Crippen LogP contribution in [0.1, 0.15) is 39.0 Å². The SMILES string of the molecule is COC(CN(CC1CCCCC1)C(=O)[C@H](C)N)OC. The van der Waals surface area contributed by atoms with Gasteiger partial charge in [0.2, 0.25) is 5.91 Å². The summed E-state index contributed by atoms with van der Waals surface area (Å²) in [7, 11) is 3.17. The molecule has 0 aromatic rings. The highest BCUT2D eigenvalue weighted by molar-refractivity contribution is 5.81. The van der Waals surface area contributed by atoms with Crippen LogP contribution in [0, 0.1) is 5.92 Å². The number of rotatable bonds is 7. The average Bonchev–Trinajstić information content (AvgIpc) is 2.43. The zero-order valence-electron chi connectivity index (χ0n) is 12.4. The molecule has 1 rings (SSSR count). The largest absolute Gasteiger partial charge is 0.354 e. The van der Waals surface area contributed by atoms with Crippen molar-refractivity contribution in [1.82, 2.24) is 4.90 Å². The summed E-state index contributed by atoms with van der Waals surface area (Å²) in [6.07, 6.45) is 5.87. The fourth-order valence-electron chi connectivity index (χ4n) is 2.65. The van der Waals surface area contributed by atoms with Crippen LogP contribution >= 0.6 is 0 Å². The molecule has 5 nitrogen and oxygen atoms in total. The Hall–Kier alpha value is -0.650. The molecule has 0 unspecified atom stereocenters. The molecule has 1 amide bonds. The molecule has 2 N–H and O–H groups in total. The van der Waals surface area contributed by atoms with Crippen LogP contribution in [0.4, 0.5) is 0 Å². The first-order valence-electron chi connectivity index (χ1n) is 7.18. The van der Waals surface area contributed by atoms with Gasteiger partial charge in [-0.25, -0.2) is 0 Å². The molecule has 0 spiro atoms. The minimum atomic E-state index is -0.474. The third kappa shape index (κ3) is 5.47. The second kappa shape index (κ2) is 8.51. The summed E-state index contributed by atoms with van der Waals surface area (Å²) in [5.41, 5.74) is 5.73. The first kappa shape index (κ1) is 16.4. The van der Waals surface area contributed by atoms with Crippen LogP contribution in [0.5, 0.6) is 0 Å². The monoisotopic (exact) mass is 272 g/mol. The lowest BCUT2D eigenvalue weighted by Crippen LogP contribution is -2.48. The third-order valence-corrected chi connectivity index (χ3v) is 3.80. The van der Waals surface area contributed by atoms with Gasteiger partial charge in [-0.1, -0.05) is 19.3 Å². The normalized spacial score (nSPS) is 18.6. The highest BCUT2D eigenvalue weighted by atomic mass is 16.7. The molecule has 0 saturated heterocycles. The van der Waals surface area contributed by atoms with Crippen molar-refractivity contribution >= 4 is 5.91 Å². The van der Waals surface area contributed by atoms with Crippen LogP contribution in [0.3, 0.4) is 0 Å². The summed E-state index contributed by atoms with van der Waals surface area (Å²) >= 11 is 0. The van der Waals surface area contributed by atoms with Gasteiger partial charge in [-0.3, -0.25) is 4.79 Å². The molecule has 19 heavy (non-hydrogen) atoms. The van der Waals surface area contributed by atoms with E-state index in [9.17, 15) is 4.79 Å². The fraction of sp³-hybridized carbons (Fsp3) is 0.929. The number of carbonyl (C=O) groups is 1. The zero-order chi connectivity index (χ0) is 14.3. The molecule has 5 heteroatoms. The number of carbonyl (C=O) groups excluding carboxylic acids is 1. The molecule has 0 aromatic carbocycles. The van der Waals surface area contributed by atoms with Gasteiger partial charge in [-0.05, 0) is 25.7 Å². The zero-order valence-corrected chi connectivity index (χ0v) is 12.4. The molecule has 1 aliphatic rings. The number of amides is 1. The highest BCUT2D eigenvalue weighted by Gasteiger charge is 2.25. The number of methoxy groups -OCH3 is 2. The van der Waals surface area contributed by atoms with E-state index >= 15 is 0 Å². The number of hydrogen-bond donors (Lipinski definition) is 1. The van der Waals surface area contributed by atoms with Gasteiger partial charge in [0.25, 0.3) is 0 Å². The van der Waals surface area contributed by atoms with Crippen LogP contribution in [-0.4, -0.2) is 50.4 Å². The lowest BCUT2D eigenvalue weighted by atomic mass is 9.89. The predicted octanol–water partition coefficient (Wildman–Crippen LogP) is 1.36. The molecule has 112 valence electrons. The predicted molar refractivity (Wildman–Crippen MR) is 74.6 cm³/mol. The molecule has 1 atom stereocenters. The van der Waals surface area contributed by atoms with Gasteiger partial charge in [0.15, 0.2) is 6.29 Å². The maximum absolute atomic E-state index is 12.2. The molecule has 0 aliphatic heterocycles. The fourth-order valence-corrected chi connectivity index (χ4v) is 2.65. The summed E-state index contributed by atoms with van der Waals surface area (Å²) in [5.74, 6) is 0.565. The van der Waals surface area contributed by atoms with Gasteiger partial charge in [-0.15, -0.1) is 0 Å². The number of hydrogen-bond acceptors (Lipinski definition) is 4. The minimum absolute atomic E-state index is 0.0235. The van der Waals surface area contributed by atoms with E-state index in [1.54, 1.807) is 26.0 Å². The van der Waals surface area contributed by atoms with Gasteiger partial charge < -0.3 is 20.1 Å². The molecule has 0 bridgehead atoms. The van der Waals surface area contributed by atoms with E-state index in [1.165, 1.54) is 32.1 Å². The quantitative estimate of drug-likeness (QED) is 0.711. The smallest absolute Gasteiger partial charge is 0.239 e. The Kier molecular flexibility index (Phi) is 7.34. The van der Waals surface area contributed by atoms with Gasteiger partial charge >= 0.3 is 0 Å². The Morgan fingerprint density at radius 2 is 1.84 bits per heavy atom. The van der Waals surface area contributed by atoms with Crippen molar-refractivity contribution in [2.24, 2.45) is 11.7 Å². The van der Waals surface area contributed by atoms with Crippen LogP contribution in [0.2, 0.25) is 0 Å². The van der Waals surface area contributed by atoms with Crippen molar-refractivity contribution in [1.29, 1.82) is 0 Å². The van der Waals surface area contributed by atoms with Crippen LogP contribution < -0.4 is 5.73 Å². The Bertz CT molecular complexity index is 261. The molecular formula is C14H28N2O3. The summed E-state index contributed by atoms with van der Waals surface area (Å²) in [5, 5.41) is 0.